The van der Waals surface area contributed by atoms with Crippen molar-refractivity contribution in [1.82, 2.24) is 4.90 Å². The largest absolute Gasteiger partial charge is 0.456 e. The van der Waals surface area contributed by atoms with Crippen LogP contribution in [0.4, 0.5) is 5.69 Å². The van der Waals surface area contributed by atoms with Crippen LogP contribution in [0.25, 0.3) is 0 Å². The van der Waals surface area contributed by atoms with Crippen LogP contribution in [0.15, 0.2) is 52.5 Å². The van der Waals surface area contributed by atoms with Gasteiger partial charge in [-0.3, -0.25) is 28.7 Å². The molecule has 3 fully saturated rings. The second-order valence-corrected chi connectivity index (χ2v) is 29.3. The monoisotopic (exact) mass is 1080 g/mol. The maximum absolute atomic E-state index is 15.0. The Morgan fingerprint density at radius 2 is 1.61 bits per heavy atom. The summed E-state index contributed by atoms with van der Waals surface area (Å²) in [7, 11) is -4.37. The Kier molecular flexibility index (Phi) is 20.8. The average Bonchev–Trinajstić information content (AvgIpc) is 3.33. The summed E-state index contributed by atoms with van der Waals surface area (Å²) in [5, 5.41) is 34.8. The number of ether oxygens (including phenoxy) is 4. The van der Waals surface area contributed by atoms with Gasteiger partial charge < -0.3 is 38.5 Å². The standard InChI is InChI=1S/C54H84N2O16SSi/c1-14-38-26-32(2)25-33(3)27-45(67-10)49-46(68-11)29-35(5)54(62,70-49)50(59)51(60)55-24-18-17-20-40(55)52(61)69-48(36(6)43(31-42(38)58)72-74(12,13)53(7,8)9)34(4)28-37-22-23-41(57)44(30-37)71-73(65,66)47-21-16-15-19-39(47)56(63)64/h15-16,19,21,26,28,33,35-38,40-41,43-46,48-49,57,62H,14,17-18,20,22-25,27,29-31H2,1-13H3. The fourth-order valence-corrected chi connectivity index (χ4v) is 13.7. The molecular formula is C54H84N2O16SSi. The summed E-state index contributed by atoms with van der Waals surface area (Å²) in [6.07, 6.45) is 0.511. The highest BCUT2D eigenvalue weighted by Gasteiger charge is 2.57. The van der Waals surface area contributed by atoms with E-state index in [1.807, 2.05) is 39.8 Å². The number of para-hydroxylation sites is 1. The molecule has 1 aromatic rings. The predicted molar refractivity (Wildman–Crippen MR) is 278 cm³/mol. The van der Waals surface area contributed by atoms with Crippen LogP contribution < -0.4 is 0 Å². The first-order valence-electron chi connectivity index (χ1n) is 26.4. The van der Waals surface area contributed by atoms with Crippen LogP contribution in [-0.4, -0.2) is 136 Å². The van der Waals surface area contributed by atoms with Gasteiger partial charge in [-0.2, -0.15) is 8.42 Å². The van der Waals surface area contributed by atoms with E-state index in [0.29, 0.717) is 44.1 Å². The number of ketones is 2. The Morgan fingerprint density at radius 3 is 2.23 bits per heavy atom. The molecule has 14 atom stereocenters. The molecule has 2 bridgehead atoms. The highest BCUT2D eigenvalue weighted by atomic mass is 32.2. The lowest BCUT2D eigenvalue weighted by Gasteiger charge is -2.47. The highest BCUT2D eigenvalue weighted by molar-refractivity contribution is 7.87. The molecule has 14 unspecified atom stereocenters. The van der Waals surface area contributed by atoms with E-state index in [1.54, 1.807) is 13.8 Å². The molecule has 0 radical (unpaired) electrons. The second-order valence-electron chi connectivity index (χ2n) is 23.0. The van der Waals surface area contributed by atoms with Crippen molar-refractivity contribution in [1.29, 1.82) is 0 Å². The summed E-state index contributed by atoms with van der Waals surface area (Å²) < 4.78 is 64.7. The van der Waals surface area contributed by atoms with Crippen molar-refractivity contribution in [3.63, 3.8) is 0 Å². The van der Waals surface area contributed by atoms with Crippen molar-refractivity contribution in [3.8, 4) is 0 Å². The maximum Gasteiger partial charge on any atom is 0.329 e. The Balaban J connectivity index is 1.62. The molecule has 2 N–H and O–H groups in total. The Morgan fingerprint density at radius 1 is 0.959 bits per heavy atom. The number of aliphatic hydroxyl groups is 2. The normalized spacial score (nSPS) is 34.3. The number of Topliss-reactive ketones (excluding diaryl/α,β-unsaturated/α-hetero) is 2. The fraction of sp³-hybridized carbons (Fsp3) is 0.741. The number of amides is 1. The smallest absolute Gasteiger partial charge is 0.329 e. The van der Waals surface area contributed by atoms with E-state index in [2.05, 4.69) is 33.9 Å². The number of methoxy groups -OCH3 is 2. The third-order valence-electron chi connectivity index (χ3n) is 16.4. The molecule has 416 valence electrons. The summed E-state index contributed by atoms with van der Waals surface area (Å²) in [6.45, 7) is 21.7. The molecule has 74 heavy (non-hydrogen) atoms. The van der Waals surface area contributed by atoms with Crippen molar-refractivity contribution >= 4 is 47.6 Å². The van der Waals surface area contributed by atoms with Gasteiger partial charge in [-0.05, 0) is 120 Å². The first kappa shape index (κ1) is 61.1. The van der Waals surface area contributed by atoms with Crippen LogP contribution in [0.2, 0.25) is 18.1 Å². The Bertz CT molecular complexity index is 2350. The lowest BCUT2D eigenvalue weighted by Crippen LogP contribution is -2.64. The van der Waals surface area contributed by atoms with E-state index >= 15 is 0 Å². The molecule has 1 saturated carbocycles. The predicted octanol–water partition coefficient (Wildman–Crippen LogP) is 8.17. The number of nitrogens with zero attached hydrogens (tertiary/aromatic N) is 2. The van der Waals surface area contributed by atoms with E-state index in [1.165, 1.54) is 26.4 Å². The zero-order valence-electron chi connectivity index (χ0n) is 45.9. The van der Waals surface area contributed by atoms with E-state index in [9.17, 15) is 47.9 Å². The van der Waals surface area contributed by atoms with Crippen LogP contribution in [0.3, 0.4) is 0 Å². The van der Waals surface area contributed by atoms with Gasteiger partial charge in [-0.15, -0.1) is 0 Å². The van der Waals surface area contributed by atoms with Gasteiger partial charge in [0.1, 0.15) is 30.1 Å². The average molecular weight is 1080 g/mol. The minimum Gasteiger partial charge on any atom is -0.456 e. The number of nitro benzene ring substituents is 1. The number of hydrogen-bond acceptors (Lipinski definition) is 16. The number of carbonyl (C=O) groups excluding carboxylic acids is 4. The Hall–Kier alpha value is -3.73. The van der Waals surface area contributed by atoms with Crippen molar-refractivity contribution in [2.24, 2.45) is 29.6 Å². The maximum atomic E-state index is 15.0. The van der Waals surface area contributed by atoms with Gasteiger partial charge in [-0.25, -0.2) is 4.79 Å². The van der Waals surface area contributed by atoms with Crippen LogP contribution in [-0.2, 0) is 56.9 Å². The summed E-state index contributed by atoms with van der Waals surface area (Å²) in [5.41, 5.74) is 0.828. The number of fused-ring (bicyclic) bond motifs is 3. The van der Waals surface area contributed by atoms with Gasteiger partial charge >= 0.3 is 16.1 Å². The van der Waals surface area contributed by atoms with Crippen molar-refractivity contribution < 1.29 is 70.3 Å². The van der Waals surface area contributed by atoms with Gasteiger partial charge in [0, 0.05) is 51.0 Å². The van der Waals surface area contributed by atoms with Gasteiger partial charge in [-0.1, -0.05) is 78.3 Å². The molecule has 0 spiro atoms. The Labute approximate surface area is 439 Å². The molecule has 1 amide bonds. The minimum absolute atomic E-state index is 0.0172. The second kappa shape index (κ2) is 25.2. The minimum atomic E-state index is -4.73. The van der Waals surface area contributed by atoms with Crippen molar-refractivity contribution in [2.75, 3.05) is 20.8 Å². The number of aliphatic hydroxyl groups excluding tert-OH is 1. The third-order valence-corrected chi connectivity index (χ3v) is 22.3. The molecule has 1 aromatic carbocycles. The van der Waals surface area contributed by atoms with E-state index in [4.69, 9.17) is 27.6 Å². The number of piperidine rings is 1. The van der Waals surface area contributed by atoms with Gasteiger partial charge in [0.05, 0.1) is 29.3 Å². The number of allylic oxidation sites excluding steroid dienone is 3. The van der Waals surface area contributed by atoms with Crippen LogP contribution >= 0.6 is 0 Å². The zero-order valence-corrected chi connectivity index (χ0v) is 47.7. The summed E-state index contributed by atoms with van der Waals surface area (Å²) in [6, 6.07) is 3.56. The summed E-state index contributed by atoms with van der Waals surface area (Å²) >= 11 is 0. The third kappa shape index (κ3) is 14.2. The molecular weight excluding hydrogens is 993 g/mol. The SMILES string of the molecule is CCC1C=C(C)CC(C)CC(OC)C2OC(O)(C(=O)C(=O)N3CCCCC3C(=O)OC(C(C)=CC3CCC(O)C(OS(=O)(=O)c4ccccc4[N+](=O)[O-])C3)C(C)C(O[Si](C)(C)C(C)(C)C)CC1=O)C(C)CC2OC. The number of esters is 1. The number of carbonyl (C=O) groups is 4. The molecule has 5 rings (SSSR count). The van der Waals surface area contributed by atoms with Gasteiger partial charge in [0.25, 0.3) is 17.4 Å². The molecule has 4 aliphatic rings. The van der Waals surface area contributed by atoms with E-state index in [0.717, 1.165) is 22.6 Å². The summed E-state index contributed by atoms with van der Waals surface area (Å²) in [4.78, 5) is 70.4. The first-order chi connectivity index (χ1) is 34.5. The molecule has 3 heterocycles. The quantitative estimate of drug-likeness (QED) is 0.0404. The first-order valence-corrected chi connectivity index (χ1v) is 30.7. The van der Waals surface area contributed by atoms with Crippen LogP contribution in [0.5, 0.6) is 0 Å². The van der Waals surface area contributed by atoms with Gasteiger partial charge in [0.15, 0.2) is 13.2 Å². The molecule has 0 aromatic heterocycles. The van der Waals surface area contributed by atoms with Crippen molar-refractivity contribution in [2.45, 2.75) is 211 Å². The highest BCUT2D eigenvalue weighted by Crippen LogP contribution is 2.42. The molecule has 3 aliphatic heterocycles. The number of benzene rings is 1. The zero-order chi connectivity index (χ0) is 55.2. The topological polar surface area (TPSA) is 245 Å². The number of nitro groups is 1. The molecule has 20 heteroatoms. The van der Waals surface area contributed by atoms with Gasteiger partial charge in [0.2, 0.25) is 5.79 Å². The molecule has 1 aliphatic carbocycles. The number of hydrogen-bond donors (Lipinski definition) is 2. The molecule has 2 saturated heterocycles. The lowest BCUT2D eigenvalue weighted by molar-refractivity contribution is -0.387. The molecule has 18 nitrogen and oxygen atoms in total. The van der Waals surface area contributed by atoms with Crippen molar-refractivity contribution in [3.05, 3.63) is 57.7 Å². The number of cyclic esters (lactones) is 1. The fourth-order valence-electron chi connectivity index (χ4n) is 11.0. The van der Waals surface area contributed by atoms with Crippen LogP contribution in [0, 0.1) is 39.7 Å². The van der Waals surface area contributed by atoms with E-state index < -0.39 is 130 Å². The van der Waals surface area contributed by atoms with E-state index in [-0.39, 0.29) is 55.4 Å². The summed E-state index contributed by atoms with van der Waals surface area (Å²) in [5.74, 6) is -8.31. The number of rotatable bonds is 11. The van der Waals surface area contributed by atoms with Crippen LogP contribution in [0.1, 0.15) is 133 Å². The lowest BCUT2D eigenvalue weighted by atomic mass is 9.81.